The second kappa shape index (κ2) is 3.68. The molecule has 0 saturated heterocycles. The SMILES string of the molecule is COc1ccc(C(F)(F)F)c(Br)c1N. The van der Waals surface area contributed by atoms with Crippen LogP contribution in [0, 0.1) is 0 Å². The zero-order valence-corrected chi connectivity index (χ0v) is 8.74. The van der Waals surface area contributed by atoms with Gasteiger partial charge in [0.1, 0.15) is 5.75 Å². The molecule has 0 atom stereocenters. The van der Waals surface area contributed by atoms with Gasteiger partial charge in [0, 0.05) is 0 Å². The molecule has 0 amide bonds. The number of nitrogen functional groups attached to an aromatic ring is 1. The predicted octanol–water partition coefficient (Wildman–Crippen LogP) is 3.06. The lowest BCUT2D eigenvalue weighted by Crippen LogP contribution is -2.08. The molecule has 0 unspecified atom stereocenters. The molecule has 0 aliphatic rings. The third kappa shape index (κ3) is 1.95. The predicted molar refractivity (Wildman–Crippen MR) is 50.1 cm³/mol. The Morgan fingerprint density at radius 3 is 2.36 bits per heavy atom. The van der Waals surface area contributed by atoms with Crippen molar-refractivity contribution < 1.29 is 17.9 Å². The molecule has 0 aliphatic heterocycles. The molecule has 0 fully saturated rings. The van der Waals surface area contributed by atoms with E-state index in [1.807, 2.05) is 0 Å². The van der Waals surface area contributed by atoms with Crippen LogP contribution in [0.1, 0.15) is 5.56 Å². The van der Waals surface area contributed by atoms with Crippen LogP contribution in [0.2, 0.25) is 0 Å². The summed E-state index contributed by atoms with van der Waals surface area (Å²) in [6, 6.07) is 2.10. The summed E-state index contributed by atoms with van der Waals surface area (Å²) in [7, 11) is 1.34. The summed E-state index contributed by atoms with van der Waals surface area (Å²) < 4.78 is 41.6. The number of anilines is 1. The van der Waals surface area contributed by atoms with Crippen LogP contribution < -0.4 is 10.5 Å². The van der Waals surface area contributed by atoms with Crippen LogP contribution in [0.15, 0.2) is 16.6 Å². The summed E-state index contributed by atoms with van der Waals surface area (Å²) in [6.45, 7) is 0. The molecule has 0 aliphatic carbocycles. The van der Waals surface area contributed by atoms with Crippen LogP contribution >= 0.6 is 15.9 Å². The highest BCUT2D eigenvalue weighted by molar-refractivity contribution is 9.10. The van der Waals surface area contributed by atoms with E-state index in [2.05, 4.69) is 15.9 Å². The van der Waals surface area contributed by atoms with E-state index < -0.39 is 11.7 Å². The van der Waals surface area contributed by atoms with Crippen molar-refractivity contribution in [3.05, 3.63) is 22.2 Å². The maximum absolute atomic E-state index is 12.3. The van der Waals surface area contributed by atoms with Gasteiger partial charge in [-0.05, 0) is 28.1 Å². The normalized spacial score (nSPS) is 11.5. The lowest BCUT2D eigenvalue weighted by molar-refractivity contribution is -0.138. The molecule has 2 N–H and O–H groups in total. The van der Waals surface area contributed by atoms with Crippen molar-refractivity contribution in [2.24, 2.45) is 0 Å². The molecule has 0 bridgehead atoms. The van der Waals surface area contributed by atoms with Gasteiger partial charge in [0.25, 0.3) is 0 Å². The fraction of sp³-hybridized carbons (Fsp3) is 0.250. The molecule has 0 radical (unpaired) electrons. The summed E-state index contributed by atoms with van der Waals surface area (Å²) in [4.78, 5) is 0. The largest absolute Gasteiger partial charge is 0.495 e. The third-order valence-corrected chi connectivity index (χ3v) is 2.52. The van der Waals surface area contributed by atoms with Crippen molar-refractivity contribution >= 4 is 21.6 Å². The molecule has 2 nitrogen and oxygen atoms in total. The third-order valence-electron chi connectivity index (χ3n) is 1.67. The minimum Gasteiger partial charge on any atom is -0.495 e. The molecule has 0 heterocycles. The average Bonchev–Trinajstić information content (AvgIpc) is 2.07. The first-order valence-electron chi connectivity index (χ1n) is 3.57. The number of rotatable bonds is 1. The van der Waals surface area contributed by atoms with E-state index in [9.17, 15) is 13.2 Å². The molecule has 0 spiro atoms. The van der Waals surface area contributed by atoms with Crippen LogP contribution in [0.4, 0.5) is 18.9 Å². The Hall–Kier alpha value is -0.910. The summed E-state index contributed by atoms with van der Waals surface area (Å²) in [5.74, 6) is 0.213. The van der Waals surface area contributed by atoms with Crippen molar-refractivity contribution in [1.29, 1.82) is 0 Å². The van der Waals surface area contributed by atoms with Crippen molar-refractivity contribution in [1.82, 2.24) is 0 Å². The molecule has 1 aromatic carbocycles. The van der Waals surface area contributed by atoms with Gasteiger partial charge in [0.15, 0.2) is 0 Å². The highest BCUT2D eigenvalue weighted by Crippen LogP contribution is 2.41. The zero-order valence-electron chi connectivity index (χ0n) is 7.15. The van der Waals surface area contributed by atoms with E-state index >= 15 is 0 Å². The van der Waals surface area contributed by atoms with Gasteiger partial charge in [-0.2, -0.15) is 13.2 Å². The highest BCUT2D eigenvalue weighted by atomic mass is 79.9. The maximum Gasteiger partial charge on any atom is 0.417 e. The summed E-state index contributed by atoms with van der Waals surface area (Å²) >= 11 is 2.78. The van der Waals surface area contributed by atoms with E-state index in [1.54, 1.807) is 0 Å². The van der Waals surface area contributed by atoms with Crippen LogP contribution in [-0.4, -0.2) is 7.11 Å². The number of benzene rings is 1. The second-order valence-corrected chi connectivity index (χ2v) is 3.33. The van der Waals surface area contributed by atoms with Gasteiger partial charge in [0.05, 0.1) is 22.8 Å². The minimum absolute atomic E-state index is 0.0534. The number of nitrogens with two attached hydrogens (primary N) is 1. The van der Waals surface area contributed by atoms with Gasteiger partial charge in [0.2, 0.25) is 0 Å². The first-order chi connectivity index (χ1) is 6.38. The number of alkyl halides is 3. The fourth-order valence-electron chi connectivity index (χ4n) is 0.972. The molecule has 1 rings (SSSR count). The number of halogens is 4. The molecular formula is C8H7BrF3NO. The molecule has 1 aromatic rings. The highest BCUT2D eigenvalue weighted by Gasteiger charge is 2.34. The first kappa shape index (κ1) is 11.2. The number of hydrogen-bond donors (Lipinski definition) is 1. The van der Waals surface area contributed by atoms with Crippen molar-refractivity contribution in [3.8, 4) is 5.75 Å². The monoisotopic (exact) mass is 269 g/mol. The van der Waals surface area contributed by atoms with Crippen molar-refractivity contribution in [2.45, 2.75) is 6.18 Å². The summed E-state index contributed by atoms with van der Waals surface area (Å²) in [6.07, 6.45) is -4.42. The lowest BCUT2D eigenvalue weighted by Gasteiger charge is -2.12. The smallest absolute Gasteiger partial charge is 0.417 e. The number of methoxy groups -OCH3 is 1. The van der Waals surface area contributed by atoms with E-state index in [-0.39, 0.29) is 15.9 Å². The molecule has 0 saturated carbocycles. The second-order valence-electron chi connectivity index (χ2n) is 2.54. The maximum atomic E-state index is 12.3. The van der Waals surface area contributed by atoms with Crippen LogP contribution in [0.25, 0.3) is 0 Å². The summed E-state index contributed by atoms with van der Waals surface area (Å²) in [5, 5.41) is 0. The average molecular weight is 270 g/mol. The Kier molecular flexibility index (Phi) is 2.94. The Labute approximate surface area is 87.0 Å². The Morgan fingerprint density at radius 2 is 1.93 bits per heavy atom. The Morgan fingerprint density at radius 1 is 1.36 bits per heavy atom. The van der Waals surface area contributed by atoms with Gasteiger partial charge in [-0.1, -0.05) is 0 Å². The van der Waals surface area contributed by atoms with Crippen molar-refractivity contribution in [3.63, 3.8) is 0 Å². The van der Waals surface area contributed by atoms with Gasteiger partial charge < -0.3 is 10.5 Å². The van der Waals surface area contributed by atoms with Crippen LogP contribution in [0.3, 0.4) is 0 Å². The van der Waals surface area contributed by atoms with Gasteiger partial charge >= 0.3 is 6.18 Å². The molecule has 14 heavy (non-hydrogen) atoms. The molecular weight excluding hydrogens is 263 g/mol. The molecule has 78 valence electrons. The number of ether oxygens (including phenoxy) is 1. The number of hydrogen-bond acceptors (Lipinski definition) is 2. The van der Waals surface area contributed by atoms with Gasteiger partial charge in [-0.25, -0.2) is 0 Å². The van der Waals surface area contributed by atoms with E-state index in [4.69, 9.17) is 10.5 Å². The van der Waals surface area contributed by atoms with Crippen LogP contribution in [-0.2, 0) is 6.18 Å². The topological polar surface area (TPSA) is 35.2 Å². The van der Waals surface area contributed by atoms with Gasteiger partial charge in [-0.15, -0.1) is 0 Å². The van der Waals surface area contributed by atoms with E-state index in [1.165, 1.54) is 13.2 Å². The van der Waals surface area contributed by atoms with E-state index in [0.717, 1.165) is 6.07 Å². The molecule has 0 aromatic heterocycles. The Balaban J connectivity index is 3.31. The standard InChI is InChI=1S/C8H7BrF3NO/c1-14-5-3-2-4(8(10,11)12)6(9)7(5)13/h2-3H,13H2,1H3. The first-order valence-corrected chi connectivity index (χ1v) is 4.36. The minimum atomic E-state index is -4.42. The fourth-order valence-corrected chi connectivity index (χ4v) is 1.52. The Bertz CT molecular complexity index is 351. The van der Waals surface area contributed by atoms with Gasteiger partial charge in [-0.3, -0.25) is 0 Å². The summed E-state index contributed by atoms with van der Waals surface area (Å²) in [5.41, 5.74) is 4.56. The van der Waals surface area contributed by atoms with E-state index in [0.29, 0.717) is 0 Å². The van der Waals surface area contributed by atoms with Crippen molar-refractivity contribution in [2.75, 3.05) is 12.8 Å². The lowest BCUT2D eigenvalue weighted by atomic mass is 10.2. The zero-order chi connectivity index (χ0) is 10.9. The molecule has 6 heteroatoms. The quantitative estimate of drug-likeness (QED) is 0.796. The van der Waals surface area contributed by atoms with Crippen LogP contribution in [0.5, 0.6) is 5.75 Å².